The monoisotopic (exact) mass is 472 g/mol. The van der Waals surface area contributed by atoms with Crippen molar-refractivity contribution < 1.29 is 4.79 Å². The second-order valence-corrected chi connectivity index (χ2v) is 8.81. The number of aryl methyl sites for hydroxylation is 1. The average Bonchev–Trinajstić information content (AvgIpc) is 3.10. The lowest BCUT2D eigenvalue weighted by atomic mass is 10.1. The maximum Gasteiger partial charge on any atom is 0.230 e. The summed E-state index contributed by atoms with van der Waals surface area (Å²) in [6, 6.07) is 16.2. The van der Waals surface area contributed by atoms with Crippen LogP contribution in [0.4, 0.5) is 0 Å². The number of benzene rings is 2. The van der Waals surface area contributed by atoms with Crippen LogP contribution in [0, 0.1) is 6.92 Å². The largest absolute Gasteiger partial charge is 0.349 e. The summed E-state index contributed by atoms with van der Waals surface area (Å²) in [7, 11) is 0. The first kappa shape index (κ1) is 21.6. The molecule has 1 amide bonds. The Morgan fingerprint density at radius 2 is 1.97 bits per heavy atom. The molecule has 1 aromatic heterocycles. The smallest absolute Gasteiger partial charge is 0.230 e. The Bertz CT molecular complexity index is 971. The highest BCUT2D eigenvalue weighted by Crippen LogP contribution is 2.25. The zero-order valence-corrected chi connectivity index (χ0v) is 19.3. The first-order chi connectivity index (χ1) is 14.0. The van der Waals surface area contributed by atoms with Gasteiger partial charge in [-0.3, -0.25) is 4.79 Å². The van der Waals surface area contributed by atoms with Crippen LogP contribution < -0.4 is 5.32 Å². The lowest BCUT2D eigenvalue weighted by molar-refractivity contribution is -0.119. The van der Waals surface area contributed by atoms with Gasteiger partial charge in [-0.25, -0.2) is 0 Å². The predicted octanol–water partition coefficient (Wildman–Crippen LogP) is 5.40. The maximum absolute atomic E-state index is 12.5. The van der Waals surface area contributed by atoms with Crippen LogP contribution in [0.5, 0.6) is 0 Å². The van der Waals surface area contributed by atoms with E-state index in [1.165, 1.54) is 17.3 Å². The molecule has 152 valence electrons. The predicted molar refractivity (Wildman–Crippen MR) is 122 cm³/mol. The van der Waals surface area contributed by atoms with Gasteiger partial charge in [-0.1, -0.05) is 70.5 Å². The fourth-order valence-corrected chi connectivity index (χ4v) is 4.11. The number of aromatic nitrogens is 3. The van der Waals surface area contributed by atoms with E-state index in [0.717, 1.165) is 39.5 Å². The van der Waals surface area contributed by atoms with Crippen molar-refractivity contribution in [1.29, 1.82) is 0 Å². The van der Waals surface area contributed by atoms with Gasteiger partial charge in [0.2, 0.25) is 5.91 Å². The summed E-state index contributed by atoms with van der Waals surface area (Å²) < 4.78 is 3.13. The van der Waals surface area contributed by atoms with Gasteiger partial charge in [0.05, 0.1) is 11.8 Å². The van der Waals surface area contributed by atoms with E-state index >= 15 is 0 Å². The molecule has 0 saturated heterocycles. The van der Waals surface area contributed by atoms with Gasteiger partial charge < -0.3 is 9.88 Å². The quantitative estimate of drug-likeness (QED) is 0.446. The molecule has 3 aromatic rings. The number of hydrogen-bond donors (Lipinski definition) is 1. The Hall–Kier alpha value is -2.12. The van der Waals surface area contributed by atoms with Crippen molar-refractivity contribution in [3.05, 3.63) is 64.1 Å². The van der Waals surface area contributed by atoms with Crippen molar-refractivity contribution in [2.24, 2.45) is 0 Å². The number of thioether (sulfide) groups is 1. The maximum atomic E-state index is 12.5. The van der Waals surface area contributed by atoms with Crippen LogP contribution in [0.3, 0.4) is 0 Å². The normalized spacial score (nSPS) is 12.0. The van der Waals surface area contributed by atoms with Crippen LogP contribution in [0.15, 0.2) is 58.2 Å². The SMILES string of the molecule is CCCn1c(SCC(=O)NC(C)c2ccc(Br)cc2)nnc1-c1cccc(C)c1. The van der Waals surface area contributed by atoms with Gasteiger partial charge in [-0.2, -0.15) is 0 Å². The fourth-order valence-electron chi connectivity index (χ4n) is 3.07. The number of nitrogens with zero attached hydrogens (tertiary/aromatic N) is 3. The number of carbonyl (C=O) groups excluding carboxylic acids is 1. The first-order valence-electron chi connectivity index (χ1n) is 9.65. The van der Waals surface area contributed by atoms with E-state index < -0.39 is 0 Å². The molecule has 29 heavy (non-hydrogen) atoms. The fraction of sp³-hybridized carbons (Fsp3) is 0.318. The summed E-state index contributed by atoms with van der Waals surface area (Å²) in [5, 5.41) is 12.6. The van der Waals surface area contributed by atoms with Gasteiger partial charge in [-0.15, -0.1) is 10.2 Å². The molecule has 0 fully saturated rings. The minimum absolute atomic E-state index is 0.0198. The summed E-state index contributed by atoms with van der Waals surface area (Å²) in [5.74, 6) is 1.13. The Morgan fingerprint density at radius 3 is 2.66 bits per heavy atom. The number of rotatable bonds is 8. The highest BCUT2D eigenvalue weighted by atomic mass is 79.9. The Kier molecular flexibility index (Phi) is 7.50. The highest BCUT2D eigenvalue weighted by Gasteiger charge is 2.16. The van der Waals surface area contributed by atoms with Gasteiger partial charge in [-0.05, 0) is 44.0 Å². The third-order valence-electron chi connectivity index (χ3n) is 4.52. The summed E-state index contributed by atoms with van der Waals surface area (Å²) >= 11 is 4.86. The van der Waals surface area contributed by atoms with E-state index in [1.54, 1.807) is 0 Å². The standard InChI is InChI=1S/C22H25BrN4OS/c1-4-12-27-21(18-7-5-6-15(2)13-18)25-26-22(27)29-14-20(28)24-16(3)17-8-10-19(23)11-9-17/h5-11,13,16H,4,12,14H2,1-3H3,(H,24,28). The molecule has 3 rings (SSSR count). The molecular formula is C22H25BrN4OS. The van der Waals surface area contributed by atoms with Crippen LogP contribution in [-0.4, -0.2) is 26.4 Å². The third-order valence-corrected chi connectivity index (χ3v) is 6.02. The molecule has 0 saturated carbocycles. The minimum Gasteiger partial charge on any atom is -0.349 e. The van der Waals surface area contributed by atoms with E-state index in [9.17, 15) is 4.79 Å². The molecule has 1 atom stereocenters. The van der Waals surface area contributed by atoms with E-state index in [-0.39, 0.29) is 11.9 Å². The third kappa shape index (κ3) is 5.70. The summed E-state index contributed by atoms with van der Waals surface area (Å²) in [5.41, 5.74) is 3.30. The van der Waals surface area contributed by atoms with E-state index in [2.05, 4.69) is 62.0 Å². The molecule has 5 nitrogen and oxygen atoms in total. The van der Waals surface area contributed by atoms with Gasteiger partial charge in [0.25, 0.3) is 0 Å². The van der Waals surface area contributed by atoms with Gasteiger partial charge in [0, 0.05) is 16.6 Å². The van der Waals surface area contributed by atoms with Crippen LogP contribution >= 0.6 is 27.7 Å². The number of nitrogens with one attached hydrogen (secondary N) is 1. The van der Waals surface area contributed by atoms with Crippen molar-refractivity contribution >= 4 is 33.6 Å². The Labute approximate surface area is 184 Å². The zero-order chi connectivity index (χ0) is 20.8. The van der Waals surface area contributed by atoms with Crippen molar-refractivity contribution in [1.82, 2.24) is 20.1 Å². The molecule has 2 aromatic carbocycles. The van der Waals surface area contributed by atoms with Crippen LogP contribution in [-0.2, 0) is 11.3 Å². The second-order valence-electron chi connectivity index (χ2n) is 6.96. The van der Waals surface area contributed by atoms with Gasteiger partial charge >= 0.3 is 0 Å². The number of hydrogen-bond acceptors (Lipinski definition) is 4. The summed E-state index contributed by atoms with van der Waals surface area (Å²) in [6.07, 6.45) is 0.969. The van der Waals surface area contributed by atoms with E-state index in [1.807, 2.05) is 43.3 Å². The van der Waals surface area contributed by atoms with Gasteiger partial charge in [0.15, 0.2) is 11.0 Å². The molecule has 0 aliphatic rings. The number of carbonyl (C=O) groups is 1. The van der Waals surface area contributed by atoms with Crippen molar-refractivity contribution in [3.8, 4) is 11.4 Å². The van der Waals surface area contributed by atoms with E-state index in [0.29, 0.717) is 5.75 Å². The van der Waals surface area contributed by atoms with Crippen molar-refractivity contribution in [2.75, 3.05) is 5.75 Å². The van der Waals surface area contributed by atoms with Crippen LogP contribution in [0.25, 0.3) is 11.4 Å². The second kappa shape index (κ2) is 10.1. The highest BCUT2D eigenvalue weighted by molar-refractivity contribution is 9.10. The minimum atomic E-state index is -0.0485. The average molecular weight is 473 g/mol. The molecule has 0 spiro atoms. The summed E-state index contributed by atoms with van der Waals surface area (Å²) in [6.45, 7) is 6.99. The van der Waals surface area contributed by atoms with Gasteiger partial charge in [0.1, 0.15) is 0 Å². The molecule has 0 aliphatic heterocycles. The van der Waals surface area contributed by atoms with Crippen LogP contribution in [0.2, 0.25) is 0 Å². The number of halogens is 1. The van der Waals surface area contributed by atoms with E-state index in [4.69, 9.17) is 0 Å². The molecule has 1 N–H and O–H groups in total. The molecule has 7 heteroatoms. The molecule has 0 bridgehead atoms. The molecular weight excluding hydrogens is 448 g/mol. The molecule has 0 aliphatic carbocycles. The Morgan fingerprint density at radius 1 is 1.21 bits per heavy atom. The first-order valence-corrected chi connectivity index (χ1v) is 11.4. The molecule has 0 radical (unpaired) electrons. The lowest BCUT2D eigenvalue weighted by Gasteiger charge is -2.14. The van der Waals surface area contributed by atoms with Crippen molar-refractivity contribution in [3.63, 3.8) is 0 Å². The van der Waals surface area contributed by atoms with Crippen LogP contribution in [0.1, 0.15) is 37.4 Å². The Balaban J connectivity index is 1.66. The number of amides is 1. The topological polar surface area (TPSA) is 59.8 Å². The summed E-state index contributed by atoms with van der Waals surface area (Å²) in [4.78, 5) is 12.5. The lowest BCUT2D eigenvalue weighted by Crippen LogP contribution is -2.28. The molecule has 1 heterocycles. The molecule has 1 unspecified atom stereocenters. The van der Waals surface area contributed by atoms with Crippen molar-refractivity contribution in [2.45, 2.75) is 44.9 Å². The zero-order valence-electron chi connectivity index (χ0n) is 16.9.